The van der Waals surface area contributed by atoms with Crippen molar-refractivity contribution in [3.8, 4) is 5.75 Å². The van der Waals surface area contributed by atoms with E-state index in [0.717, 1.165) is 5.56 Å². The molecule has 2 heteroatoms. The topological polar surface area (TPSA) is 46.2 Å². The Balaban J connectivity index is 2.96. The van der Waals surface area contributed by atoms with E-state index in [2.05, 4.69) is 20.8 Å². The van der Waals surface area contributed by atoms with Crippen LogP contribution in [0.2, 0.25) is 0 Å². The van der Waals surface area contributed by atoms with Crippen LogP contribution in [-0.2, 0) is 0 Å². The number of aromatic hydroxyl groups is 1. The first-order chi connectivity index (χ1) is 5.91. The summed E-state index contributed by atoms with van der Waals surface area (Å²) >= 11 is 0. The molecule has 0 bridgehead atoms. The number of hydrogen-bond donors (Lipinski definition) is 2. The summed E-state index contributed by atoms with van der Waals surface area (Å²) in [7, 11) is 0. The summed E-state index contributed by atoms with van der Waals surface area (Å²) in [5, 5.41) is 9.27. The lowest BCUT2D eigenvalue weighted by molar-refractivity contribution is 0.326. The molecule has 0 spiro atoms. The number of nitrogens with two attached hydrogens (primary N) is 1. The molecule has 0 radical (unpaired) electrons. The number of hydrogen-bond acceptors (Lipinski definition) is 2. The molecule has 1 atom stereocenters. The second-order valence-corrected chi connectivity index (χ2v) is 4.44. The van der Waals surface area contributed by atoms with Gasteiger partial charge in [0.05, 0.1) is 0 Å². The zero-order chi connectivity index (χ0) is 10.1. The Morgan fingerprint density at radius 2 is 1.92 bits per heavy atom. The van der Waals surface area contributed by atoms with Gasteiger partial charge in [0.2, 0.25) is 0 Å². The molecule has 13 heavy (non-hydrogen) atoms. The third kappa shape index (κ3) is 2.46. The predicted molar refractivity (Wildman–Crippen MR) is 54.5 cm³/mol. The van der Waals surface area contributed by atoms with Gasteiger partial charge in [-0.2, -0.15) is 0 Å². The summed E-state index contributed by atoms with van der Waals surface area (Å²) in [5.74, 6) is 0.275. The third-order valence-electron chi connectivity index (χ3n) is 2.16. The average molecular weight is 179 g/mol. The number of phenolic OH excluding ortho intramolecular Hbond substituents is 1. The molecule has 0 saturated carbocycles. The van der Waals surface area contributed by atoms with Gasteiger partial charge in [-0.3, -0.25) is 0 Å². The van der Waals surface area contributed by atoms with Gasteiger partial charge >= 0.3 is 0 Å². The van der Waals surface area contributed by atoms with E-state index in [1.54, 1.807) is 12.1 Å². The minimum atomic E-state index is -0.0420. The second kappa shape index (κ2) is 3.38. The van der Waals surface area contributed by atoms with Crippen molar-refractivity contribution in [3.05, 3.63) is 29.8 Å². The van der Waals surface area contributed by atoms with Crippen LogP contribution in [0.3, 0.4) is 0 Å². The zero-order valence-corrected chi connectivity index (χ0v) is 8.41. The summed E-state index contributed by atoms with van der Waals surface area (Å²) in [6, 6.07) is 7.08. The van der Waals surface area contributed by atoms with Gasteiger partial charge < -0.3 is 10.8 Å². The molecule has 0 aliphatic carbocycles. The van der Waals surface area contributed by atoms with Crippen LogP contribution < -0.4 is 5.73 Å². The number of benzene rings is 1. The molecular weight excluding hydrogens is 162 g/mol. The van der Waals surface area contributed by atoms with E-state index >= 15 is 0 Å². The van der Waals surface area contributed by atoms with Crippen molar-refractivity contribution in [1.29, 1.82) is 0 Å². The van der Waals surface area contributed by atoms with Crippen molar-refractivity contribution in [3.63, 3.8) is 0 Å². The van der Waals surface area contributed by atoms with Crippen molar-refractivity contribution in [2.45, 2.75) is 26.8 Å². The van der Waals surface area contributed by atoms with Crippen LogP contribution in [0.25, 0.3) is 0 Å². The summed E-state index contributed by atoms with van der Waals surface area (Å²) in [5.41, 5.74) is 7.03. The predicted octanol–water partition coefficient (Wildman–Crippen LogP) is 2.44. The lowest BCUT2D eigenvalue weighted by Gasteiger charge is -2.27. The molecule has 0 saturated heterocycles. The van der Waals surface area contributed by atoms with E-state index in [1.165, 1.54) is 0 Å². The summed E-state index contributed by atoms with van der Waals surface area (Å²) in [6.07, 6.45) is 0. The van der Waals surface area contributed by atoms with Crippen LogP contribution in [0, 0.1) is 5.41 Å². The maximum atomic E-state index is 9.27. The van der Waals surface area contributed by atoms with Crippen molar-refractivity contribution >= 4 is 0 Å². The van der Waals surface area contributed by atoms with Crippen LogP contribution in [-0.4, -0.2) is 5.11 Å². The van der Waals surface area contributed by atoms with Crippen molar-refractivity contribution in [2.75, 3.05) is 0 Å². The van der Waals surface area contributed by atoms with E-state index in [-0.39, 0.29) is 17.2 Å². The summed E-state index contributed by atoms with van der Waals surface area (Å²) < 4.78 is 0. The van der Waals surface area contributed by atoms with Gasteiger partial charge in [-0.05, 0) is 23.1 Å². The van der Waals surface area contributed by atoms with E-state index in [1.807, 2.05) is 12.1 Å². The van der Waals surface area contributed by atoms with Gasteiger partial charge in [-0.15, -0.1) is 0 Å². The van der Waals surface area contributed by atoms with Crippen LogP contribution in [0.5, 0.6) is 5.75 Å². The second-order valence-electron chi connectivity index (χ2n) is 4.44. The molecule has 1 aromatic carbocycles. The van der Waals surface area contributed by atoms with Crippen LogP contribution >= 0.6 is 0 Å². The maximum Gasteiger partial charge on any atom is 0.115 e. The van der Waals surface area contributed by atoms with Gasteiger partial charge in [-0.25, -0.2) is 0 Å². The highest BCUT2D eigenvalue weighted by atomic mass is 16.3. The number of phenols is 1. The minimum absolute atomic E-state index is 0.0216. The highest BCUT2D eigenvalue weighted by Gasteiger charge is 2.22. The largest absolute Gasteiger partial charge is 0.508 e. The van der Waals surface area contributed by atoms with Crippen LogP contribution in [0.15, 0.2) is 24.3 Å². The Morgan fingerprint density at radius 3 is 2.38 bits per heavy atom. The lowest BCUT2D eigenvalue weighted by atomic mass is 9.83. The molecule has 0 heterocycles. The van der Waals surface area contributed by atoms with E-state index in [4.69, 9.17) is 5.73 Å². The van der Waals surface area contributed by atoms with Gasteiger partial charge in [0, 0.05) is 6.04 Å². The Bertz CT molecular complexity index is 288. The fourth-order valence-electron chi connectivity index (χ4n) is 1.22. The van der Waals surface area contributed by atoms with Crippen molar-refractivity contribution < 1.29 is 5.11 Å². The standard InChI is InChI=1S/C11H17NO/c1-11(2,3)10(12)8-5-4-6-9(13)7-8/h4-7,10,13H,12H2,1-3H3. The molecule has 0 fully saturated rings. The van der Waals surface area contributed by atoms with Gasteiger partial charge in [0.1, 0.15) is 5.75 Å². The van der Waals surface area contributed by atoms with Crippen LogP contribution in [0.4, 0.5) is 0 Å². The first-order valence-corrected chi connectivity index (χ1v) is 4.46. The Kier molecular flexibility index (Phi) is 2.62. The molecule has 1 unspecified atom stereocenters. The highest BCUT2D eigenvalue weighted by Crippen LogP contribution is 2.31. The molecular formula is C11H17NO. The number of rotatable bonds is 1. The fraction of sp³-hybridized carbons (Fsp3) is 0.455. The zero-order valence-electron chi connectivity index (χ0n) is 8.41. The molecule has 0 aromatic heterocycles. The van der Waals surface area contributed by atoms with Crippen LogP contribution in [0.1, 0.15) is 32.4 Å². The quantitative estimate of drug-likeness (QED) is 0.695. The average Bonchev–Trinajstić information content (AvgIpc) is 2.01. The monoisotopic (exact) mass is 179 g/mol. The molecule has 3 N–H and O–H groups in total. The normalized spacial score (nSPS) is 14.2. The Morgan fingerprint density at radius 1 is 1.31 bits per heavy atom. The van der Waals surface area contributed by atoms with Gasteiger partial charge in [0.15, 0.2) is 0 Å². The highest BCUT2D eigenvalue weighted by molar-refractivity contribution is 5.29. The third-order valence-corrected chi connectivity index (χ3v) is 2.16. The smallest absolute Gasteiger partial charge is 0.115 e. The summed E-state index contributed by atoms with van der Waals surface area (Å²) in [6.45, 7) is 6.26. The molecule has 2 nitrogen and oxygen atoms in total. The van der Waals surface area contributed by atoms with E-state index in [0.29, 0.717) is 0 Å². The SMILES string of the molecule is CC(C)(C)C(N)c1cccc(O)c1. The van der Waals surface area contributed by atoms with Gasteiger partial charge in [0.25, 0.3) is 0 Å². The minimum Gasteiger partial charge on any atom is -0.508 e. The molecule has 72 valence electrons. The molecule has 0 aliphatic rings. The Labute approximate surface area is 79.4 Å². The van der Waals surface area contributed by atoms with E-state index < -0.39 is 0 Å². The molecule has 1 aromatic rings. The van der Waals surface area contributed by atoms with Gasteiger partial charge in [-0.1, -0.05) is 32.9 Å². The Hall–Kier alpha value is -1.02. The first kappa shape index (κ1) is 10.1. The lowest BCUT2D eigenvalue weighted by Crippen LogP contribution is -2.26. The van der Waals surface area contributed by atoms with E-state index in [9.17, 15) is 5.11 Å². The van der Waals surface area contributed by atoms with Crippen molar-refractivity contribution in [1.82, 2.24) is 0 Å². The van der Waals surface area contributed by atoms with Crippen molar-refractivity contribution in [2.24, 2.45) is 11.1 Å². The maximum absolute atomic E-state index is 9.27. The fourth-order valence-corrected chi connectivity index (χ4v) is 1.22. The summed E-state index contributed by atoms with van der Waals surface area (Å²) in [4.78, 5) is 0. The molecule has 1 rings (SSSR count). The first-order valence-electron chi connectivity index (χ1n) is 4.46. The molecule has 0 aliphatic heterocycles. The molecule has 0 amide bonds.